The fourth-order valence-corrected chi connectivity index (χ4v) is 1.11. The molecule has 0 spiro atoms. The summed E-state index contributed by atoms with van der Waals surface area (Å²) in [5.41, 5.74) is 0. The number of allylic oxidation sites excluding steroid dienone is 2. The van der Waals surface area contributed by atoms with Crippen molar-refractivity contribution in [1.29, 1.82) is 0 Å². The molecule has 0 unspecified atom stereocenters. The number of rotatable bonds is 2. The Labute approximate surface area is 64.5 Å². The molecule has 56 valence electrons. The molecule has 0 atom stereocenters. The predicted molar refractivity (Wildman–Crippen MR) is 45.8 cm³/mol. The molecule has 0 aromatic heterocycles. The third-order valence-electron chi connectivity index (χ3n) is 1.48. The van der Waals surface area contributed by atoms with Gasteiger partial charge in [-0.1, -0.05) is 26.0 Å². The van der Waals surface area contributed by atoms with Gasteiger partial charge in [-0.3, -0.25) is 0 Å². The molecular formula is C9H16N+. The van der Waals surface area contributed by atoms with Gasteiger partial charge >= 0.3 is 1.43 Å². The van der Waals surface area contributed by atoms with E-state index in [2.05, 4.69) is 43.2 Å². The first-order valence-electron chi connectivity index (χ1n) is 3.86. The van der Waals surface area contributed by atoms with Crippen molar-refractivity contribution in [3.63, 3.8) is 0 Å². The van der Waals surface area contributed by atoms with Crippen LogP contribution in [0.4, 0.5) is 0 Å². The largest absolute Gasteiger partial charge is 1.00 e. The highest BCUT2D eigenvalue weighted by Crippen LogP contribution is 2.02. The summed E-state index contributed by atoms with van der Waals surface area (Å²) in [6, 6.07) is 0. The minimum atomic E-state index is 0. The lowest BCUT2D eigenvalue weighted by Gasteiger charge is -2.22. The van der Waals surface area contributed by atoms with Crippen molar-refractivity contribution in [2.45, 2.75) is 13.8 Å². The van der Waals surface area contributed by atoms with Crippen molar-refractivity contribution in [3.05, 3.63) is 24.4 Å². The molecule has 0 saturated heterocycles. The highest BCUT2D eigenvalue weighted by atomic mass is 15.1. The summed E-state index contributed by atoms with van der Waals surface area (Å²) in [6.45, 7) is 6.73. The Morgan fingerprint density at radius 1 is 1.50 bits per heavy atom. The van der Waals surface area contributed by atoms with Gasteiger partial charge in [0, 0.05) is 13.1 Å². The average Bonchev–Trinajstić information content (AvgIpc) is 1.88. The third kappa shape index (κ3) is 2.26. The number of hydrogen-bond donors (Lipinski definition) is 0. The van der Waals surface area contributed by atoms with Crippen LogP contribution in [-0.4, -0.2) is 18.0 Å². The van der Waals surface area contributed by atoms with Crippen molar-refractivity contribution in [3.8, 4) is 0 Å². The van der Waals surface area contributed by atoms with Crippen LogP contribution in [0.2, 0.25) is 0 Å². The lowest BCUT2D eigenvalue weighted by atomic mass is 10.2. The second-order valence-corrected chi connectivity index (χ2v) is 3.12. The molecule has 1 aliphatic rings. The van der Waals surface area contributed by atoms with Crippen LogP contribution in [0.15, 0.2) is 24.4 Å². The van der Waals surface area contributed by atoms with Crippen molar-refractivity contribution in [2.24, 2.45) is 5.92 Å². The highest BCUT2D eigenvalue weighted by molar-refractivity contribution is 5.08. The Bertz CT molecular complexity index is 150. The first-order chi connectivity index (χ1) is 4.79. The lowest BCUT2D eigenvalue weighted by molar-refractivity contribution is 0.357. The molecule has 0 N–H and O–H groups in total. The van der Waals surface area contributed by atoms with Crippen molar-refractivity contribution < 1.29 is 1.43 Å². The van der Waals surface area contributed by atoms with E-state index in [9.17, 15) is 0 Å². The Kier molecular flexibility index (Phi) is 2.55. The zero-order valence-corrected chi connectivity index (χ0v) is 6.75. The van der Waals surface area contributed by atoms with E-state index in [0.29, 0.717) is 0 Å². The van der Waals surface area contributed by atoms with Crippen LogP contribution < -0.4 is 0 Å². The SMILES string of the molecule is CC(C)CN1C=CC=CC1.[H+]. The fourth-order valence-electron chi connectivity index (χ4n) is 1.11. The minimum Gasteiger partial charge on any atom is -0.373 e. The molecule has 1 rings (SSSR count). The van der Waals surface area contributed by atoms with Crippen molar-refractivity contribution in [1.82, 2.24) is 4.90 Å². The minimum absolute atomic E-state index is 0. The van der Waals surface area contributed by atoms with E-state index >= 15 is 0 Å². The van der Waals surface area contributed by atoms with Gasteiger partial charge < -0.3 is 4.90 Å². The van der Waals surface area contributed by atoms with Crippen molar-refractivity contribution >= 4 is 0 Å². The maximum atomic E-state index is 2.32. The molecule has 0 aromatic rings. The van der Waals surface area contributed by atoms with Crippen molar-refractivity contribution in [2.75, 3.05) is 13.1 Å². The summed E-state index contributed by atoms with van der Waals surface area (Å²) >= 11 is 0. The van der Waals surface area contributed by atoms with Gasteiger partial charge in [0.05, 0.1) is 0 Å². The van der Waals surface area contributed by atoms with Gasteiger partial charge in [0.2, 0.25) is 0 Å². The maximum absolute atomic E-state index is 2.32. The van der Waals surface area contributed by atoms with E-state index in [1.54, 1.807) is 0 Å². The number of hydrogen-bond acceptors (Lipinski definition) is 1. The first kappa shape index (κ1) is 7.39. The van der Waals surface area contributed by atoms with Crippen LogP contribution in [0.5, 0.6) is 0 Å². The lowest BCUT2D eigenvalue weighted by Crippen LogP contribution is -2.23. The Morgan fingerprint density at radius 3 is 2.80 bits per heavy atom. The summed E-state index contributed by atoms with van der Waals surface area (Å²) in [5, 5.41) is 0. The van der Waals surface area contributed by atoms with Gasteiger partial charge in [0.1, 0.15) is 0 Å². The molecule has 0 saturated carbocycles. The van der Waals surface area contributed by atoms with E-state index in [1.165, 1.54) is 6.54 Å². The highest BCUT2D eigenvalue weighted by Gasteiger charge is 2.00. The normalized spacial score (nSPS) is 16.9. The third-order valence-corrected chi connectivity index (χ3v) is 1.48. The molecule has 1 heterocycles. The molecule has 0 aliphatic carbocycles. The molecule has 0 aromatic carbocycles. The maximum Gasteiger partial charge on any atom is 1.00 e. The van der Waals surface area contributed by atoms with E-state index in [0.717, 1.165) is 12.5 Å². The quantitative estimate of drug-likeness (QED) is 0.565. The molecular weight excluding hydrogens is 122 g/mol. The summed E-state index contributed by atoms with van der Waals surface area (Å²) in [6.07, 6.45) is 8.52. The first-order valence-corrected chi connectivity index (χ1v) is 3.86. The van der Waals surface area contributed by atoms with Gasteiger partial charge in [0.15, 0.2) is 0 Å². The molecule has 0 radical (unpaired) electrons. The molecule has 1 heteroatoms. The van der Waals surface area contributed by atoms with Gasteiger partial charge in [-0.15, -0.1) is 0 Å². The standard InChI is InChI=1S/C9H15N/c1-9(2)8-10-6-4-3-5-7-10/h3-6,9H,7-8H2,1-2H3/p+1. The second kappa shape index (κ2) is 3.45. The zero-order chi connectivity index (χ0) is 7.40. The van der Waals surface area contributed by atoms with E-state index in [-0.39, 0.29) is 1.43 Å². The van der Waals surface area contributed by atoms with Crippen LogP contribution in [-0.2, 0) is 0 Å². The van der Waals surface area contributed by atoms with E-state index in [4.69, 9.17) is 0 Å². The van der Waals surface area contributed by atoms with Crippen LogP contribution in [0, 0.1) is 5.92 Å². The molecule has 0 bridgehead atoms. The summed E-state index contributed by atoms with van der Waals surface area (Å²) in [4.78, 5) is 2.32. The smallest absolute Gasteiger partial charge is 0.373 e. The van der Waals surface area contributed by atoms with E-state index in [1.807, 2.05) is 0 Å². The van der Waals surface area contributed by atoms with Crippen LogP contribution in [0.3, 0.4) is 0 Å². The summed E-state index contributed by atoms with van der Waals surface area (Å²) < 4.78 is 0. The fraction of sp³-hybridized carbons (Fsp3) is 0.556. The summed E-state index contributed by atoms with van der Waals surface area (Å²) in [7, 11) is 0. The van der Waals surface area contributed by atoms with Gasteiger partial charge in [-0.2, -0.15) is 0 Å². The van der Waals surface area contributed by atoms with Crippen LogP contribution in [0.25, 0.3) is 0 Å². The van der Waals surface area contributed by atoms with E-state index < -0.39 is 0 Å². The average molecular weight is 138 g/mol. The number of nitrogens with zero attached hydrogens (tertiary/aromatic N) is 1. The molecule has 0 amide bonds. The topological polar surface area (TPSA) is 3.24 Å². The van der Waals surface area contributed by atoms with Gasteiger partial charge in [0.25, 0.3) is 0 Å². The monoisotopic (exact) mass is 138 g/mol. The Hall–Kier alpha value is -0.720. The molecule has 0 fully saturated rings. The van der Waals surface area contributed by atoms with Gasteiger partial charge in [-0.25, -0.2) is 0 Å². The Balaban J connectivity index is 0.000001000. The molecule has 10 heavy (non-hydrogen) atoms. The van der Waals surface area contributed by atoms with Gasteiger partial charge in [-0.05, 0) is 18.2 Å². The molecule has 1 aliphatic heterocycles. The van der Waals surface area contributed by atoms with Crippen LogP contribution in [0.1, 0.15) is 15.3 Å². The van der Waals surface area contributed by atoms with Crippen LogP contribution >= 0.6 is 0 Å². The second-order valence-electron chi connectivity index (χ2n) is 3.12. The summed E-state index contributed by atoms with van der Waals surface area (Å²) in [5.74, 6) is 0.760. The predicted octanol–water partition coefficient (Wildman–Crippen LogP) is 2.14. The molecule has 1 nitrogen and oxygen atoms in total. The Morgan fingerprint density at radius 2 is 2.30 bits per heavy atom. The zero-order valence-electron chi connectivity index (χ0n) is 7.75.